The van der Waals surface area contributed by atoms with Gasteiger partial charge in [-0.3, -0.25) is 14.4 Å². The minimum Gasteiger partial charge on any atom is -0.497 e. The molecule has 170 valence electrons. The van der Waals surface area contributed by atoms with E-state index in [4.69, 9.17) is 9.47 Å². The standard InChI is InChI=1S/C23H27N3O6/c1-15(27)12-24-23(30)16-10-22(29)26(13-16)18-6-8-19(9-7-18)32-14-21(28)25-17-4-3-5-20(11-17)31-2/h3-9,11,15-16,27H,10,12-14H2,1-2H3,(H,24,30)(H,25,28)/t15-,16-/m0/s1. The van der Waals surface area contributed by atoms with Crippen LogP contribution < -0.4 is 25.0 Å². The van der Waals surface area contributed by atoms with Gasteiger partial charge in [0.2, 0.25) is 11.8 Å². The summed E-state index contributed by atoms with van der Waals surface area (Å²) in [6, 6.07) is 13.8. The lowest BCUT2D eigenvalue weighted by Gasteiger charge is -2.17. The van der Waals surface area contributed by atoms with Crippen molar-refractivity contribution in [2.24, 2.45) is 5.92 Å². The number of nitrogens with one attached hydrogen (secondary N) is 2. The number of benzene rings is 2. The fraction of sp³-hybridized carbons (Fsp3) is 0.348. The van der Waals surface area contributed by atoms with Crippen molar-refractivity contribution in [2.75, 3.05) is 37.0 Å². The second-order valence-corrected chi connectivity index (χ2v) is 7.56. The summed E-state index contributed by atoms with van der Waals surface area (Å²) in [4.78, 5) is 38.2. The fourth-order valence-corrected chi connectivity index (χ4v) is 3.29. The van der Waals surface area contributed by atoms with Crippen molar-refractivity contribution in [3.05, 3.63) is 48.5 Å². The topological polar surface area (TPSA) is 117 Å². The number of carbonyl (C=O) groups is 3. The molecule has 1 heterocycles. The Kier molecular flexibility index (Phi) is 7.67. The fourth-order valence-electron chi connectivity index (χ4n) is 3.29. The molecule has 3 N–H and O–H groups in total. The van der Waals surface area contributed by atoms with Crippen LogP contribution in [0.15, 0.2) is 48.5 Å². The molecule has 3 rings (SSSR count). The van der Waals surface area contributed by atoms with Gasteiger partial charge >= 0.3 is 0 Å². The highest BCUT2D eigenvalue weighted by molar-refractivity contribution is 6.00. The molecule has 9 nitrogen and oxygen atoms in total. The van der Waals surface area contributed by atoms with Crippen molar-refractivity contribution in [1.82, 2.24) is 5.32 Å². The molecule has 0 bridgehead atoms. The average Bonchev–Trinajstić information content (AvgIpc) is 3.18. The van der Waals surface area contributed by atoms with Crippen LogP contribution in [0.2, 0.25) is 0 Å². The van der Waals surface area contributed by atoms with E-state index in [1.54, 1.807) is 67.5 Å². The van der Waals surface area contributed by atoms with Gasteiger partial charge in [0.15, 0.2) is 6.61 Å². The normalized spacial score (nSPS) is 16.4. The summed E-state index contributed by atoms with van der Waals surface area (Å²) in [6.45, 7) is 1.83. The molecule has 0 aliphatic carbocycles. The first-order chi connectivity index (χ1) is 15.4. The highest BCUT2D eigenvalue weighted by Gasteiger charge is 2.35. The van der Waals surface area contributed by atoms with Gasteiger partial charge in [0.05, 0.1) is 19.1 Å². The number of aliphatic hydroxyl groups excluding tert-OH is 1. The SMILES string of the molecule is COc1cccc(NC(=O)COc2ccc(N3C[C@@H](C(=O)NC[C@H](C)O)CC3=O)cc2)c1. The summed E-state index contributed by atoms with van der Waals surface area (Å²) >= 11 is 0. The molecule has 0 unspecified atom stereocenters. The van der Waals surface area contributed by atoms with Crippen molar-refractivity contribution in [1.29, 1.82) is 0 Å². The van der Waals surface area contributed by atoms with Crippen LogP contribution in [0.4, 0.5) is 11.4 Å². The third-order valence-electron chi connectivity index (χ3n) is 4.94. The molecule has 32 heavy (non-hydrogen) atoms. The van der Waals surface area contributed by atoms with Gasteiger partial charge in [-0.05, 0) is 43.3 Å². The van der Waals surface area contributed by atoms with Crippen molar-refractivity contribution >= 4 is 29.1 Å². The van der Waals surface area contributed by atoms with Crippen LogP contribution in [0.5, 0.6) is 11.5 Å². The maximum Gasteiger partial charge on any atom is 0.262 e. The average molecular weight is 441 g/mol. The molecule has 1 fully saturated rings. The number of hydrogen-bond acceptors (Lipinski definition) is 6. The zero-order chi connectivity index (χ0) is 23.1. The van der Waals surface area contributed by atoms with Gasteiger partial charge < -0.3 is 30.1 Å². The number of carbonyl (C=O) groups excluding carboxylic acids is 3. The van der Waals surface area contributed by atoms with E-state index in [0.717, 1.165) is 0 Å². The number of amides is 3. The summed E-state index contributed by atoms with van der Waals surface area (Å²) < 4.78 is 10.6. The lowest BCUT2D eigenvalue weighted by molar-refractivity contribution is -0.126. The minimum absolute atomic E-state index is 0.119. The van der Waals surface area contributed by atoms with Gasteiger partial charge in [0.1, 0.15) is 11.5 Å². The predicted molar refractivity (Wildman–Crippen MR) is 119 cm³/mol. The Balaban J connectivity index is 1.50. The molecule has 1 saturated heterocycles. The highest BCUT2D eigenvalue weighted by atomic mass is 16.5. The summed E-state index contributed by atoms with van der Waals surface area (Å²) in [7, 11) is 1.55. The van der Waals surface area contributed by atoms with E-state index in [0.29, 0.717) is 22.9 Å². The van der Waals surface area contributed by atoms with Gasteiger partial charge in [-0.25, -0.2) is 0 Å². The van der Waals surface area contributed by atoms with Gasteiger partial charge in [-0.2, -0.15) is 0 Å². The molecule has 0 spiro atoms. The third-order valence-corrected chi connectivity index (χ3v) is 4.94. The smallest absolute Gasteiger partial charge is 0.262 e. The van der Waals surface area contributed by atoms with E-state index >= 15 is 0 Å². The predicted octanol–water partition coefficient (Wildman–Crippen LogP) is 1.56. The Bertz CT molecular complexity index is 960. The Hall–Kier alpha value is -3.59. The maximum atomic E-state index is 12.4. The van der Waals surface area contributed by atoms with E-state index in [9.17, 15) is 19.5 Å². The third kappa shape index (κ3) is 6.21. The number of hydrogen-bond donors (Lipinski definition) is 3. The molecule has 0 aromatic heterocycles. The van der Waals surface area contributed by atoms with E-state index in [-0.39, 0.29) is 43.8 Å². The zero-order valence-corrected chi connectivity index (χ0v) is 18.0. The molecular formula is C23H27N3O6. The summed E-state index contributed by atoms with van der Waals surface area (Å²) in [6.07, 6.45) is -0.522. The van der Waals surface area contributed by atoms with Crippen molar-refractivity contribution in [3.8, 4) is 11.5 Å². The van der Waals surface area contributed by atoms with Crippen molar-refractivity contribution in [2.45, 2.75) is 19.4 Å². The van der Waals surface area contributed by atoms with Crippen LogP contribution in [-0.2, 0) is 14.4 Å². The van der Waals surface area contributed by atoms with Crippen LogP contribution in [0.1, 0.15) is 13.3 Å². The molecule has 9 heteroatoms. The van der Waals surface area contributed by atoms with Crippen LogP contribution in [0.3, 0.4) is 0 Å². The number of aliphatic hydroxyl groups is 1. The molecule has 1 aliphatic heterocycles. The molecule has 2 aromatic carbocycles. The van der Waals surface area contributed by atoms with Crippen molar-refractivity contribution in [3.63, 3.8) is 0 Å². The Morgan fingerprint density at radius 2 is 1.94 bits per heavy atom. The minimum atomic E-state index is -0.641. The van der Waals surface area contributed by atoms with Crippen molar-refractivity contribution < 1.29 is 29.0 Å². The summed E-state index contributed by atoms with van der Waals surface area (Å²) in [5.74, 6) is -0.0521. The van der Waals surface area contributed by atoms with Crippen LogP contribution in [-0.4, -0.2) is 55.7 Å². The highest BCUT2D eigenvalue weighted by Crippen LogP contribution is 2.27. The summed E-state index contributed by atoms with van der Waals surface area (Å²) in [5.41, 5.74) is 1.25. The molecule has 2 aromatic rings. The largest absolute Gasteiger partial charge is 0.497 e. The number of nitrogens with zero attached hydrogens (tertiary/aromatic N) is 1. The quantitative estimate of drug-likeness (QED) is 0.544. The first-order valence-electron chi connectivity index (χ1n) is 10.3. The molecule has 0 radical (unpaired) electrons. The lowest BCUT2D eigenvalue weighted by Crippen LogP contribution is -2.36. The molecular weight excluding hydrogens is 414 g/mol. The Morgan fingerprint density at radius 3 is 2.62 bits per heavy atom. The Labute approximate surface area is 186 Å². The second kappa shape index (κ2) is 10.6. The first kappa shape index (κ1) is 23.1. The van der Waals surface area contributed by atoms with Gasteiger partial charge in [-0.1, -0.05) is 6.07 Å². The monoisotopic (exact) mass is 441 g/mol. The van der Waals surface area contributed by atoms with E-state index in [2.05, 4.69) is 10.6 Å². The van der Waals surface area contributed by atoms with Crippen LogP contribution in [0, 0.1) is 5.92 Å². The van der Waals surface area contributed by atoms with Gasteiger partial charge in [0, 0.05) is 37.0 Å². The first-order valence-corrected chi connectivity index (χ1v) is 10.3. The number of methoxy groups -OCH3 is 1. The van der Waals surface area contributed by atoms with E-state index < -0.39 is 12.0 Å². The molecule has 0 saturated carbocycles. The zero-order valence-electron chi connectivity index (χ0n) is 18.0. The van der Waals surface area contributed by atoms with Crippen LogP contribution in [0.25, 0.3) is 0 Å². The number of anilines is 2. The molecule has 2 atom stereocenters. The van der Waals surface area contributed by atoms with E-state index in [1.807, 2.05) is 0 Å². The number of ether oxygens (including phenoxy) is 2. The van der Waals surface area contributed by atoms with Crippen LogP contribution >= 0.6 is 0 Å². The molecule has 1 aliphatic rings. The summed E-state index contributed by atoms with van der Waals surface area (Å²) in [5, 5.41) is 14.7. The number of rotatable bonds is 9. The Morgan fingerprint density at radius 1 is 1.19 bits per heavy atom. The van der Waals surface area contributed by atoms with E-state index in [1.165, 1.54) is 0 Å². The second-order valence-electron chi connectivity index (χ2n) is 7.56. The lowest BCUT2D eigenvalue weighted by atomic mass is 10.1. The van der Waals surface area contributed by atoms with Gasteiger partial charge in [-0.15, -0.1) is 0 Å². The molecule has 3 amide bonds. The maximum absolute atomic E-state index is 12.4. The van der Waals surface area contributed by atoms with Gasteiger partial charge in [0.25, 0.3) is 5.91 Å².